The number of amides is 1. The molecule has 3 heteroatoms. The highest BCUT2D eigenvalue weighted by Crippen LogP contribution is 2.16. The highest BCUT2D eigenvalue weighted by atomic mass is 16.3. The molecular weight excluding hydrogens is 238 g/mol. The Morgan fingerprint density at radius 3 is 2.47 bits per heavy atom. The molecule has 1 aromatic carbocycles. The highest BCUT2D eigenvalue weighted by Gasteiger charge is 2.29. The quantitative estimate of drug-likeness (QED) is 0.851. The Balaban J connectivity index is 1.81. The Kier molecular flexibility index (Phi) is 4.97. The molecule has 0 saturated carbocycles. The molecule has 3 nitrogen and oxygen atoms in total. The van der Waals surface area contributed by atoms with Crippen LogP contribution in [0.1, 0.15) is 30.9 Å². The topological polar surface area (TPSA) is 40.5 Å². The molecule has 0 radical (unpaired) electrons. The Morgan fingerprint density at radius 2 is 1.89 bits per heavy atom. The van der Waals surface area contributed by atoms with Crippen LogP contribution in [-0.2, 0) is 17.6 Å². The first-order chi connectivity index (χ1) is 9.22. The number of aliphatic hydroxyl groups excluding tert-OH is 1. The maximum atomic E-state index is 12.0. The van der Waals surface area contributed by atoms with Crippen LogP contribution in [0.4, 0.5) is 0 Å². The smallest absolute Gasteiger partial charge is 0.227 e. The molecule has 1 aliphatic heterocycles. The number of rotatable bonds is 6. The number of likely N-dealkylation sites (tertiary alicyclic amines) is 1. The van der Waals surface area contributed by atoms with Crippen molar-refractivity contribution in [2.45, 2.75) is 32.6 Å². The van der Waals surface area contributed by atoms with Gasteiger partial charge < -0.3 is 10.0 Å². The number of hydrogen-bond acceptors (Lipinski definition) is 2. The van der Waals surface area contributed by atoms with E-state index < -0.39 is 0 Å². The van der Waals surface area contributed by atoms with Crippen LogP contribution in [0, 0.1) is 5.92 Å². The number of hydrogen-bond donors (Lipinski definition) is 1. The maximum Gasteiger partial charge on any atom is 0.227 e. The first kappa shape index (κ1) is 14.1. The molecule has 1 aliphatic rings. The van der Waals surface area contributed by atoms with Crippen LogP contribution in [0.25, 0.3) is 0 Å². The summed E-state index contributed by atoms with van der Waals surface area (Å²) in [5.74, 6) is 0.464. The molecule has 1 heterocycles. The minimum atomic E-state index is 0.172. The van der Waals surface area contributed by atoms with Crippen molar-refractivity contribution in [3.63, 3.8) is 0 Å². The van der Waals surface area contributed by atoms with Crippen molar-refractivity contribution in [2.24, 2.45) is 5.92 Å². The monoisotopic (exact) mass is 261 g/mol. The number of benzene rings is 1. The van der Waals surface area contributed by atoms with E-state index >= 15 is 0 Å². The number of carbonyl (C=O) groups excluding carboxylic acids is 1. The van der Waals surface area contributed by atoms with E-state index in [4.69, 9.17) is 5.11 Å². The molecule has 1 fully saturated rings. The van der Waals surface area contributed by atoms with Gasteiger partial charge in [0.1, 0.15) is 0 Å². The first-order valence-corrected chi connectivity index (χ1v) is 7.19. The minimum absolute atomic E-state index is 0.172. The molecule has 104 valence electrons. The zero-order valence-electron chi connectivity index (χ0n) is 11.6. The van der Waals surface area contributed by atoms with Crippen LogP contribution in [-0.4, -0.2) is 35.6 Å². The predicted molar refractivity (Wildman–Crippen MR) is 75.9 cm³/mol. The Morgan fingerprint density at radius 1 is 1.26 bits per heavy atom. The first-order valence-electron chi connectivity index (χ1n) is 7.19. The highest BCUT2D eigenvalue weighted by molar-refractivity contribution is 5.79. The average Bonchev–Trinajstić information content (AvgIpc) is 2.37. The van der Waals surface area contributed by atoms with Gasteiger partial charge in [0, 0.05) is 25.6 Å². The van der Waals surface area contributed by atoms with Gasteiger partial charge in [-0.2, -0.15) is 0 Å². The van der Waals surface area contributed by atoms with Gasteiger partial charge in [0.15, 0.2) is 0 Å². The van der Waals surface area contributed by atoms with Crippen LogP contribution in [0.15, 0.2) is 24.3 Å². The van der Waals surface area contributed by atoms with Crippen LogP contribution >= 0.6 is 0 Å². The molecule has 2 rings (SSSR count). The molecule has 0 atom stereocenters. The third-order valence-electron chi connectivity index (χ3n) is 3.77. The van der Waals surface area contributed by atoms with E-state index in [1.807, 2.05) is 4.90 Å². The lowest BCUT2D eigenvalue weighted by Gasteiger charge is -2.38. The summed E-state index contributed by atoms with van der Waals surface area (Å²) in [5.41, 5.74) is 2.43. The Bertz CT molecular complexity index is 407. The summed E-state index contributed by atoms with van der Waals surface area (Å²) < 4.78 is 0. The summed E-state index contributed by atoms with van der Waals surface area (Å²) in [6.07, 6.45) is 4.02. The zero-order chi connectivity index (χ0) is 13.7. The molecule has 0 bridgehead atoms. The lowest BCUT2D eigenvalue weighted by atomic mass is 9.99. The van der Waals surface area contributed by atoms with Crippen LogP contribution in [0.5, 0.6) is 0 Å². The van der Waals surface area contributed by atoms with E-state index in [0.29, 0.717) is 25.4 Å². The molecule has 0 unspecified atom stereocenters. The molecule has 1 N–H and O–H groups in total. The van der Waals surface area contributed by atoms with Crippen molar-refractivity contribution in [1.29, 1.82) is 0 Å². The fourth-order valence-corrected chi connectivity index (χ4v) is 2.38. The van der Waals surface area contributed by atoms with Gasteiger partial charge in [-0.1, -0.05) is 37.6 Å². The van der Waals surface area contributed by atoms with E-state index in [1.165, 1.54) is 18.4 Å². The van der Waals surface area contributed by atoms with Crippen molar-refractivity contribution in [2.75, 3.05) is 19.7 Å². The number of aryl methyl sites for hydroxylation is 1. The van der Waals surface area contributed by atoms with Crippen molar-refractivity contribution in [3.8, 4) is 0 Å². The zero-order valence-corrected chi connectivity index (χ0v) is 11.6. The van der Waals surface area contributed by atoms with Gasteiger partial charge in [0.05, 0.1) is 6.42 Å². The molecular formula is C16H23NO2. The van der Waals surface area contributed by atoms with Crippen molar-refractivity contribution in [3.05, 3.63) is 35.4 Å². The largest absolute Gasteiger partial charge is 0.396 e. The van der Waals surface area contributed by atoms with E-state index in [-0.39, 0.29) is 12.5 Å². The van der Waals surface area contributed by atoms with Crippen LogP contribution in [0.2, 0.25) is 0 Å². The van der Waals surface area contributed by atoms with Crippen molar-refractivity contribution < 1.29 is 9.90 Å². The standard InChI is InChI=1S/C16H23NO2/c1-2-3-4-13-5-7-14(8-6-13)9-16(19)17-10-15(11-17)12-18/h5-8,15,18H,2-4,9-12H2,1H3. The minimum Gasteiger partial charge on any atom is -0.396 e. The van der Waals surface area contributed by atoms with Crippen LogP contribution < -0.4 is 0 Å². The summed E-state index contributed by atoms with van der Waals surface area (Å²) in [6, 6.07) is 8.38. The van der Waals surface area contributed by atoms with Gasteiger partial charge in [0.2, 0.25) is 5.91 Å². The second-order valence-electron chi connectivity index (χ2n) is 5.44. The molecule has 0 aromatic heterocycles. The lowest BCUT2D eigenvalue weighted by Crippen LogP contribution is -2.51. The fourth-order valence-electron chi connectivity index (χ4n) is 2.38. The van der Waals surface area contributed by atoms with Gasteiger partial charge in [-0.3, -0.25) is 4.79 Å². The third-order valence-corrected chi connectivity index (χ3v) is 3.77. The normalized spacial score (nSPS) is 15.4. The summed E-state index contributed by atoms with van der Waals surface area (Å²) in [7, 11) is 0. The predicted octanol–water partition coefficient (Wildman–Crippen LogP) is 2.02. The Hall–Kier alpha value is -1.35. The lowest BCUT2D eigenvalue weighted by molar-refractivity contribution is -0.137. The fraction of sp³-hybridized carbons (Fsp3) is 0.562. The molecule has 19 heavy (non-hydrogen) atoms. The third kappa shape index (κ3) is 3.80. The summed E-state index contributed by atoms with van der Waals surface area (Å²) in [5, 5.41) is 8.94. The number of carbonyl (C=O) groups is 1. The number of unbranched alkanes of at least 4 members (excludes halogenated alkanes) is 1. The van der Waals surface area contributed by atoms with E-state index in [2.05, 4.69) is 31.2 Å². The molecule has 1 aromatic rings. The summed E-state index contributed by atoms with van der Waals surface area (Å²) in [6.45, 7) is 3.81. The van der Waals surface area contributed by atoms with Crippen molar-refractivity contribution in [1.82, 2.24) is 4.90 Å². The van der Waals surface area contributed by atoms with Gasteiger partial charge in [-0.15, -0.1) is 0 Å². The number of nitrogens with zero attached hydrogens (tertiary/aromatic N) is 1. The van der Waals surface area contributed by atoms with Gasteiger partial charge in [-0.25, -0.2) is 0 Å². The SMILES string of the molecule is CCCCc1ccc(CC(=O)N2CC(CO)C2)cc1. The second kappa shape index (κ2) is 6.71. The summed E-state index contributed by atoms with van der Waals surface area (Å²) >= 11 is 0. The summed E-state index contributed by atoms with van der Waals surface area (Å²) in [4.78, 5) is 13.8. The van der Waals surface area contributed by atoms with Crippen molar-refractivity contribution >= 4 is 5.91 Å². The Labute approximate surface area is 115 Å². The number of aliphatic hydroxyl groups is 1. The second-order valence-corrected chi connectivity index (χ2v) is 5.44. The molecule has 0 spiro atoms. The van der Waals surface area contributed by atoms with Gasteiger partial charge in [-0.05, 0) is 24.0 Å². The van der Waals surface area contributed by atoms with Gasteiger partial charge in [0.25, 0.3) is 0 Å². The van der Waals surface area contributed by atoms with E-state index in [0.717, 1.165) is 12.0 Å². The molecule has 1 amide bonds. The van der Waals surface area contributed by atoms with E-state index in [1.54, 1.807) is 0 Å². The maximum absolute atomic E-state index is 12.0. The van der Waals surface area contributed by atoms with Crippen LogP contribution in [0.3, 0.4) is 0 Å². The molecule has 0 aliphatic carbocycles. The average molecular weight is 261 g/mol. The van der Waals surface area contributed by atoms with E-state index in [9.17, 15) is 4.79 Å². The molecule has 1 saturated heterocycles. The van der Waals surface area contributed by atoms with Gasteiger partial charge >= 0.3 is 0 Å².